The first kappa shape index (κ1) is 17.9. The minimum atomic E-state index is -0.659. The number of ketones is 1. The monoisotopic (exact) mass is 394 g/mol. The van der Waals surface area contributed by atoms with Gasteiger partial charge in [0.05, 0.1) is 47.0 Å². The van der Waals surface area contributed by atoms with E-state index in [9.17, 15) is 9.18 Å². The molecule has 0 spiro atoms. The van der Waals surface area contributed by atoms with E-state index in [0.717, 1.165) is 11.8 Å². The van der Waals surface area contributed by atoms with Gasteiger partial charge in [0.2, 0.25) is 0 Å². The van der Waals surface area contributed by atoms with Crippen molar-refractivity contribution in [3.63, 3.8) is 0 Å². The largest absolute Gasteiger partial charge is 0.356 e. The van der Waals surface area contributed by atoms with E-state index in [0.29, 0.717) is 27.7 Å². The molecule has 0 atom stereocenters. The van der Waals surface area contributed by atoms with Crippen LogP contribution in [0.15, 0.2) is 65.8 Å². The summed E-state index contributed by atoms with van der Waals surface area (Å²) in [6.45, 7) is 0. The van der Waals surface area contributed by atoms with Crippen molar-refractivity contribution in [2.45, 2.75) is 6.42 Å². The van der Waals surface area contributed by atoms with Gasteiger partial charge in [0.1, 0.15) is 0 Å². The Labute approximate surface area is 164 Å². The summed E-state index contributed by atoms with van der Waals surface area (Å²) in [5, 5.41) is 4.20. The number of hydrogen-bond donors (Lipinski definition) is 0. The van der Waals surface area contributed by atoms with Crippen molar-refractivity contribution in [3.8, 4) is 22.6 Å². The molecule has 0 aliphatic rings. The summed E-state index contributed by atoms with van der Waals surface area (Å²) in [7, 11) is 0. The Morgan fingerprint density at radius 2 is 1.96 bits per heavy atom. The van der Waals surface area contributed by atoms with Crippen LogP contribution in [-0.2, 0) is 6.42 Å². The molecule has 0 bridgehead atoms. The lowest BCUT2D eigenvalue weighted by Crippen LogP contribution is -2.08. The van der Waals surface area contributed by atoms with Gasteiger partial charge in [0.15, 0.2) is 17.4 Å². The van der Waals surface area contributed by atoms with Crippen molar-refractivity contribution < 1.29 is 13.7 Å². The molecule has 0 fully saturated rings. The van der Waals surface area contributed by atoms with Gasteiger partial charge >= 0.3 is 0 Å². The SMILES string of the molecule is O=C(Cc1cnc(-c2cc(-c3ccno3)ccc2Cl)cn1)c1ccncc1F. The minimum absolute atomic E-state index is 0.0244. The summed E-state index contributed by atoms with van der Waals surface area (Å²) in [5.41, 5.74) is 2.40. The number of rotatable bonds is 5. The van der Waals surface area contributed by atoms with E-state index in [4.69, 9.17) is 16.1 Å². The van der Waals surface area contributed by atoms with Crippen LogP contribution in [0.5, 0.6) is 0 Å². The second kappa shape index (κ2) is 7.66. The third-order valence-corrected chi connectivity index (χ3v) is 4.41. The Kier molecular flexibility index (Phi) is 4.90. The average Bonchev–Trinajstić information content (AvgIpc) is 3.24. The molecule has 4 rings (SSSR count). The molecular formula is C20H12ClFN4O2. The molecular weight excluding hydrogens is 383 g/mol. The fourth-order valence-electron chi connectivity index (χ4n) is 2.69. The van der Waals surface area contributed by atoms with Crippen molar-refractivity contribution in [1.82, 2.24) is 20.1 Å². The van der Waals surface area contributed by atoms with Crippen LogP contribution < -0.4 is 0 Å². The molecule has 0 unspecified atom stereocenters. The third-order valence-electron chi connectivity index (χ3n) is 4.08. The topological polar surface area (TPSA) is 81.8 Å². The smallest absolute Gasteiger partial charge is 0.171 e. The summed E-state index contributed by atoms with van der Waals surface area (Å²) < 4.78 is 18.8. The van der Waals surface area contributed by atoms with Gasteiger partial charge in [0.25, 0.3) is 0 Å². The van der Waals surface area contributed by atoms with Gasteiger partial charge in [-0.2, -0.15) is 0 Å². The number of hydrogen-bond acceptors (Lipinski definition) is 6. The van der Waals surface area contributed by atoms with Crippen molar-refractivity contribution in [1.29, 1.82) is 0 Å². The van der Waals surface area contributed by atoms with E-state index in [2.05, 4.69) is 20.1 Å². The molecule has 0 N–H and O–H groups in total. The van der Waals surface area contributed by atoms with Crippen LogP contribution in [0.1, 0.15) is 16.1 Å². The van der Waals surface area contributed by atoms with Gasteiger partial charge in [-0.05, 0) is 24.3 Å². The lowest BCUT2D eigenvalue weighted by molar-refractivity contribution is 0.0988. The first-order valence-corrected chi connectivity index (χ1v) is 8.64. The highest BCUT2D eigenvalue weighted by atomic mass is 35.5. The molecule has 3 heterocycles. The van der Waals surface area contributed by atoms with Crippen molar-refractivity contribution in [3.05, 3.63) is 83.4 Å². The van der Waals surface area contributed by atoms with Crippen LogP contribution in [0.3, 0.4) is 0 Å². The zero-order valence-electron chi connectivity index (χ0n) is 14.3. The molecule has 138 valence electrons. The van der Waals surface area contributed by atoms with Crippen LogP contribution in [0.25, 0.3) is 22.6 Å². The summed E-state index contributed by atoms with van der Waals surface area (Å²) in [5.74, 6) is -0.451. The molecule has 0 radical (unpaired) electrons. The molecule has 4 aromatic rings. The Balaban J connectivity index is 1.58. The van der Waals surface area contributed by atoms with Crippen LogP contribution in [0.4, 0.5) is 4.39 Å². The first-order valence-electron chi connectivity index (χ1n) is 8.26. The minimum Gasteiger partial charge on any atom is -0.356 e. The Morgan fingerprint density at radius 3 is 2.68 bits per heavy atom. The van der Waals surface area contributed by atoms with Crippen molar-refractivity contribution in [2.75, 3.05) is 0 Å². The van der Waals surface area contributed by atoms with Gasteiger partial charge in [-0.3, -0.25) is 19.7 Å². The van der Waals surface area contributed by atoms with Crippen molar-refractivity contribution >= 4 is 17.4 Å². The predicted octanol–water partition coefficient (Wildman–Crippen LogP) is 4.41. The van der Waals surface area contributed by atoms with Crippen LogP contribution in [0, 0.1) is 5.82 Å². The summed E-state index contributed by atoms with van der Waals surface area (Å²) in [6.07, 6.45) is 6.86. The van der Waals surface area contributed by atoms with E-state index < -0.39 is 11.6 Å². The zero-order valence-corrected chi connectivity index (χ0v) is 15.1. The Hall–Kier alpha value is -3.45. The van der Waals surface area contributed by atoms with Gasteiger partial charge in [-0.15, -0.1) is 0 Å². The molecule has 0 aliphatic heterocycles. The summed E-state index contributed by atoms with van der Waals surface area (Å²) in [4.78, 5) is 24.5. The first-order chi connectivity index (χ1) is 13.6. The normalized spacial score (nSPS) is 10.8. The van der Waals surface area contributed by atoms with Gasteiger partial charge < -0.3 is 4.52 Å². The van der Waals surface area contributed by atoms with E-state index in [1.165, 1.54) is 24.7 Å². The number of pyridine rings is 1. The van der Waals surface area contributed by atoms with Gasteiger partial charge in [0, 0.05) is 29.6 Å². The predicted molar refractivity (Wildman–Crippen MR) is 100 cm³/mol. The quantitative estimate of drug-likeness (QED) is 0.466. The lowest BCUT2D eigenvalue weighted by atomic mass is 10.1. The second-order valence-corrected chi connectivity index (χ2v) is 6.33. The van der Waals surface area contributed by atoms with E-state index >= 15 is 0 Å². The molecule has 6 nitrogen and oxygen atoms in total. The fourth-order valence-corrected chi connectivity index (χ4v) is 2.90. The highest BCUT2D eigenvalue weighted by Crippen LogP contribution is 2.31. The molecule has 8 heteroatoms. The van der Waals surface area contributed by atoms with Crippen LogP contribution in [-0.4, -0.2) is 25.9 Å². The van der Waals surface area contributed by atoms with E-state index in [1.54, 1.807) is 18.3 Å². The Bertz CT molecular complexity index is 1130. The summed E-state index contributed by atoms with van der Waals surface area (Å²) in [6, 6.07) is 8.46. The zero-order chi connectivity index (χ0) is 19.5. The highest BCUT2D eigenvalue weighted by molar-refractivity contribution is 6.33. The number of halogens is 2. The average molecular weight is 395 g/mol. The molecule has 0 amide bonds. The lowest BCUT2D eigenvalue weighted by Gasteiger charge is -2.07. The molecule has 3 aromatic heterocycles. The van der Waals surface area contributed by atoms with E-state index in [1.807, 2.05) is 12.1 Å². The molecule has 0 saturated heterocycles. The molecule has 1 aromatic carbocycles. The van der Waals surface area contributed by atoms with Gasteiger partial charge in [-0.1, -0.05) is 16.8 Å². The van der Waals surface area contributed by atoms with E-state index in [-0.39, 0.29) is 12.0 Å². The number of Topliss-reactive ketones (excluding diaryl/α,β-unsaturated/α-hetero) is 1. The molecule has 28 heavy (non-hydrogen) atoms. The van der Waals surface area contributed by atoms with Gasteiger partial charge in [-0.25, -0.2) is 4.39 Å². The highest BCUT2D eigenvalue weighted by Gasteiger charge is 2.14. The summed E-state index contributed by atoms with van der Waals surface area (Å²) >= 11 is 6.30. The maximum Gasteiger partial charge on any atom is 0.171 e. The number of carbonyl (C=O) groups is 1. The van der Waals surface area contributed by atoms with Crippen molar-refractivity contribution in [2.24, 2.45) is 0 Å². The molecule has 0 saturated carbocycles. The fraction of sp³-hybridized carbons (Fsp3) is 0.0500. The standard InChI is InChI=1S/C20H12ClFN4O2/c21-16-2-1-12(20-4-6-26-28-20)7-15(16)18-11-24-13(9-25-18)8-19(27)14-3-5-23-10-17(14)22/h1-7,9-11H,8H2. The number of aromatic nitrogens is 4. The Morgan fingerprint density at radius 1 is 1.07 bits per heavy atom. The maximum atomic E-state index is 13.7. The number of benzene rings is 1. The second-order valence-electron chi connectivity index (χ2n) is 5.92. The maximum absolute atomic E-state index is 13.7. The number of carbonyl (C=O) groups excluding carboxylic acids is 1. The molecule has 0 aliphatic carbocycles. The third kappa shape index (κ3) is 3.65. The van der Waals surface area contributed by atoms with Crippen LogP contribution in [0.2, 0.25) is 5.02 Å². The number of nitrogens with zero attached hydrogens (tertiary/aromatic N) is 4. The van der Waals surface area contributed by atoms with Crippen LogP contribution >= 0.6 is 11.6 Å².